The van der Waals surface area contributed by atoms with Crippen molar-refractivity contribution in [2.75, 3.05) is 28.4 Å². The van der Waals surface area contributed by atoms with Crippen molar-refractivity contribution >= 4 is 34.4 Å². The van der Waals surface area contributed by atoms with E-state index in [1.165, 1.54) is 35.4 Å². The van der Waals surface area contributed by atoms with Gasteiger partial charge in [-0.1, -0.05) is 6.47 Å². The summed E-state index contributed by atoms with van der Waals surface area (Å²) in [5.74, 6) is -2.10. The number of rotatable bonds is 15. The molecule has 4 rings (SSSR count). The van der Waals surface area contributed by atoms with E-state index >= 15 is 0 Å². The average molecular weight is 985 g/mol. The fraction of sp³-hybridized carbons (Fsp3) is 0.857. The van der Waals surface area contributed by atoms with Gasteiger partial charge in [0.25, 0.3) is 0 Å². The summed E-state index contributed by atoms with van der Waals surface area (Å²) in [4.78, 5) is 30.1. The molecule has 0 aromatic heterocycles. The molecule has 340 valence electrons. The third kappa shape index (κ3) is 19.9. The number of aliphatic carboxylic acids is 1. The van der Waals surface area contributed by atoms with Crippen LogP contribution < -0.4 is 123 Å². The summed E-state index contributed by atoms with van der Waals surface area (Å²) in [6.07, 6.45) is -22.6. The standard InChI is InChI=1S/C14H22O14S.C7H13O8S.C7H10O6.4Na/c1-5-9(21-2)10(27-28-29(19)20)8(18)13(24-5)25-11-6(16)7(17)12(22-3)26-14(11)23-4-15;1-3-5(12-2)6(14-15-16(10)11)4(8)7(9)13-3;1-12-7-5(9)3(8)2-4(13-7)6(10)11;;;;/h5-14,16-18H,1-3H3;3-9H,1-2H3;2-3,5,7-9H,1H3,(H,10,11);;;;/q-2;-1;;4*+1/p-1. The van der Waals surface area contributed by atoms with Gasteiger partial charge < -0.3 is 115 Å². The summed E-state index contributed by atoms with van der Waals surface area (Å²) in [6, 6.07) is 0. The number of carbonyl (C=O) groups excluding carboxylic acids is 2. The Kier molecular flexibility index (Phi) is 37.2. The van der Waals surface area contributed by atoms with Crippen molar-refractivity contribution in [2.45, 2.75) is 125 Å². The molecule has 4 aliphatic rings. The number of aliphatic hydroxyl groups excluding tert-OH is 7. The van der Waals surface area contributed by atoms with E-state index in [0.717, 1.165) is 12.5 Å². The van der Waals surface area contributed by atoms with Gasteiger partial charge in [0.05, 0.1) is 34.2 Å². The number of methoxy groups -OCH3 is 4. The van der Waals surface area contributed by atoms with Gasteiger partial charge >= 0.3 is 118 Å². The number of carboxylic acid groups (broad SMARTS) is 1. The molecule has 0 aromatic carbocycles. The molecule has 4 heterocycles. The van der Waals surface area contributed by atoms with Crippen LogP contribution in [0.1, 0.15) is 13.8 Å². The zero-order valence-corrected chi connectivity index (χ0v) is 44.6. The number of hydrogen-bond acceptors (Lipinski definition) is 30. The van der Waals surface area contributed by atoms with E-state index < -0.39 is 145 Å². The summed E-state index contributed by atoms with van der Waals surface area (Å²) >= 11 is 0. The normalized spacial score (nSPS) is 37.6. The molecule has 0 amide bonds. The molecule has 3 fully saturated rings. The van der Waals surface area contributed by atoms with Gasteiger partial charge in [-0.25, -0.2) is 9.78 Å². The third-order valence-corrected chi connectivity index (χ3v) is 8.67. The SMILES string of the molecule is COC1C(C)OC(O)C(O)C1OO[S-](=O)=O.COC1OC(C(=O)[O-])=CC(O)C1O.COC1OC(O[C-]=O)C(OC2OC(C)C(OC)C(OO[S-](=O)=O)C2O)C(O)C1O.[Na+].[Na+].[Na+].[Na+]. The number of carboxylic acids is 1. The summed E-state index contributed by atoms with van der Waals surface area (Å²) < 4.78 is 99.3. The van der Waals surface area contributed by atoms with E-state index in [1.807, 2.05) is 0 Å². The predicted octanol–water partition coefficient (Wildman–Crippen LogP) is -18.8. The first-order valence-corrected chi connectivity index (χ1v) is 18.3. The Morgan fingerprint density at radius 1 is 0.613 bits per heavy atom. The van der Waals surface area contributed by atoms with Crippen LogP contribution in [-0.2, 0) is 114 Å². The van der Waals surface area contributed by atoms with Crippen LogP contribution in [0.25, 0.3) is 0 Å². The van der Waals surface area contributed by atoms with Gasteiger partial charge in [0.2, 0.25) is 6.29 Å². The molecule has 28 nitrogen and oxygen atoms in total. The molecule has 0 aromatic rings. The van der Waals surface area contributed by atoms with Gasteiger partial charge in [-0.3, -0.25) is 8.67 Å². The molecule has 4 aliphatic heterocycles. The Bertz CT molecular complexity index is 1450. The zero-order valence-electron chi connectivity index (χ0n) is 35.0. The van der Waals surface area contributed by atoms with Crippen LogP contribution in [0, 0.1) is 0 Å². The minimum atomic E-state index is -3.04. The maximum absolute atomic E-state index is 10.6. The van der Waals surface area contributed by atoms with Crippen LogP contribution in [0.2, 0.25) is 0 Å². The van der Waals surface area contributed by atoms with Crippen molar-refractivity contribution in [1.29, 1.82) is 0 Å². The summed E-state index contributed by atoms with van der Waals surface area (Å²) in [6.45, 7) is 4.21. The van der Waals surface area contributed by atoms with Crippen LogP contribution in [-0.4, -0.2) is 187 Å². The van der Waals surface area contributed by atoms with Crippen molar-refractivity contribution in [3.05, 3.63) is 11.8 Å². The summed E-state index contributed by atoms with van der Waals surface area (Å²) in [5.41, 5.74) is 0. The molecule has 0 saturated carbocycles. The molecule has 7 N–H and O–H groups in total. The van der Waals surface area contributed by atoms with E-state index in [4.69, 9.17) is 43.2 Å². The molecular weight excluding hydrogens is 940 g/mol. The van der Waals surface area contributed by atoms with E-state index in [0.29, 0.717) is 0 Å². The van der Waals surface area contributed by atoms with E-state index in [9.17, 15) is 62.2 Å². The van der Waals surface area contributed by atoms with Crippen LogP contribution in [0.4, 0.5) is 0 Å². The topological polar surface area (TPSA) is 396 Å². The van der Waals surface area contributed by atoms with Crippen molar-refractivity contribution in [2.24, 2.45) is 0 Å². The molecule has 0 aliphatic carbocycles. The molecule has 0 spiro atoms. The van der Waals surface area contributed by atoms with E-state index in [1.54, 1.807) is 6.92 Å². The minimum Gasteiger partial charge on any atom is -0.630 e. The summed E-state index contributed by atoms with van der Waals surface area (Å²) in [7, 11) is -0.914. The first kappa shape index (κ1) is 67.9. The van der Waals surface area contributed by atoms with Gasteiger partial charge in [-0.05, 0) is 19.9 Å². The summed E-state index contributed by atoms with van der Waals surface area (Å²) in [5, 5.41) is 78.3. The second kappa shape index (κ2) is 34.0. The third-order valence-electron chi connectivity index (χ3n) is 8.29. The van der Waals surface area contributed by atoms with Crippen molar-refractivity contribution in [1.82, 2.24) is 0 Å². The van der Waals surface area contributed by atoms with Crippen LogP contribution in [0.15, 0.2) is 11.8 Å². The number of ether oxygens (including phenoxy) is 10. The molecule has 18 unspecified atom stereocenters. The molecule has 0 radical (unpaired) electrons. The van der Waals surface area contributed by atoms with E-state index in [2.05, 4.69) is 27.8 Å². The Hall–Kier alpha value is 1.62. The maximum atomic E-state index is 10.6. The number of aliphatic hydroxyl groups is 7. The predicted molar refractivity (Wildman–Crippen MR) is 170 cm³/mol. The average Bonchev–Trinajstić information content (AvgIpc) is 3.17. The quantitative estimate of drug-likeness (QED) is 0.0263. The largest absolute Gasteiger partial charge is 1.00 e. The second-order valence-electron chi connectivity index (χ2n) is 11.9. The number of hydrogen-bond donors (Lipinski definition) is 7. The zero-order chi connectivity index (χ0) is 44.0. The molecule has 0 bridgehead atoms. The van der Waals surface area contributed by atoms with Crippen LogP contribution in [0.3, 0.4) is 0 Å². The smallest absolute Gasteiger partial charge is 0.630 e. The Labute approximate surface area is 445 Å². The Balaban J connectivity index is -0.000000898. The molecule has 3 saturated heterocycles. The van der Waals surface area contributed by atoms with Gasteiger partial charge in [-0.15, -0.1) is 0 Å². The molecule has 18 atom stereocenters. The van der Waals surface area contributed by atoms with Crippen LogP contribution >= 0.6 is 0 Å². The van der Waals surface area contributed by atoms with Crippen LogP contribution in [0.5, 0.6) is 0 Å². The van der Waals surface area contributed by atoms with Gasteiger partial charge in [0, 0.05) is 28.4 Å². The molecule has 34 heteroatoms. The molecular formula is C28H44Na4O28S2. The van der Waals surface area contributed by atoms with E-state index in [-0.39, 0.29) is 118 Å². The fourth-order valence-corrected chi connectivity index (χ4v) is 5.84. The van der Waals surface area contributed by atoms with Gasteiger partial charge in [0.15, 0.2) is 37.4 Å². The fourth-order valence-electron chi connectivity index (χ4n) is 5.53. The first-order chi connectivity index (χ1) is 27.3. The Morgan fingerprint density at radius 3 is 1.53 bits per heavy atom. The maximum Gasteiger partial charge on any atom is 1.00 e. The van der Waals surface area contributed by atoms with Gasteiger partial charge in [0.1, 0.15) is 66.7 Å². The monoisotopic (exact) mass is 984 g/mol. The van der Waals surface area contributed by atoms with Crippen molar-refractivity contribution in [3.63, 3.8) is 0 Å². The minimum absolute atomic E-state index is 0. The number of carbonyl (C=O) groups is 1. The first-order valence-electron chi connectivity index (χ1n) is 16.3. The second-order valence-corrected chi connectivity index (χ2v) is 13.0. The Morgan fingerprint density at radius 2 is 1.10 bits per heavy atom. The van der Waals surface area contributed by atoms with Gasteiger partial charge in [-0.2, -0.15) is 0 Å². The van der Waals surface area contributed by atoms with Crippen molar-refractivity contribution in [3.8, 4) is 0 Å². The van der Waals surface area contributed by atoms with Crippen molar-refractivity contribution < 1.29 is 251 Å². The molecule has 62 heavy (non-hydrogen) atoms.